The van der Waals surface area contributed by atoms with Gasteiger partial charge in [-0.1, -0.05) is 56.0 Å². The molecule has 2 aromatic carbocycles. The van der Waals surface area contributed by atoms with Crippen molar-refractivity contribution in [1.29, 1.82) is 0 Å². The van der Waals surface area contributed by atoms with Crippen LogP contribution < -0.4 is 10.2 Å². The Labute approximate surface area is 219 Å². The third-order valence-electron chi connectivity index (χ3n) is 8.40. The first-order valence-electron chi connectivity index (χ1n) is 13.7. The second kappa shape index (κ2) is 11.0. The molecule has 0 unspecified atom stereocenters. The zero-order valence-corrected chi connectivity index (χ0v) is 21.8. The molecule has 0 aromatic heterocycles. The Morgan fingerprint density at radius 1 is 1.00 bits per heavy atom. The molecule has 0 radical (unpaired) electrons. The molecule has 2 aliphatic heterocycles. The highest BCUT2D eigenvalue weighted by atomic mass is 16.2. The highest BCUT2D eigenvalue weighted by Gasteiger charge is 2.54. The maximum absolute atomic E-state index is 13.9. The fourth-order valence-corrected chi connectivity index (χ4v) is 6.33. The van der Waals surface area contributed by atoms with Crippen LogP contribution in [0.15, 0.2) is 54.6 Å². The second-order valence-electron chi connectivity index (χ2n) is 10.9. The van der Waals surface area contributed by atoms with Crippen LogP contribution in [0.5, 0.6) is 0 Å². The number of hydrogen-bond donors (Lipinski definition) is 1. The zero-order chi connectivity index (χ0) is 25.8. The minimum atomic E-state index is -0.729. The van der Waals surface area contributed by atoms with Crippen LogP contribution >= 0.6 is 0 Å². The van der Waals surface area contributed by atoms with Crippen molar-refractivity contribution in [2.45, 2.75) is 63.8 Å². The second-order valence-corrected chi connectivity index (χ2v) is 10.9. The monoisotopic (exact) mass is 502 g/mol. The molecule has 1 aliphatic carbocycles. The largest absolute Gasteiger partial charge is 0.342 e. The van der Waals surface area contributed by atoms with Crippen molar-refractivity contribution in [2.75, 3.05) is 36.5 Å². The number of amides is 3. The molecular weight excluding hydrogens is 464 g/mol. The van der Waals surface area contributed by atoms with Gasteiger partial charge in [-0.25, -0.2) is 0 Å². The van der Waals surface area contributed by atoms with Crippen LogP contribution in [0.1, 0.15) is 56.9 Å². The van der Waals surface area contributed by atoms with E-state index in [2.05, 4.69) is 10.2 Å². The lowest BCUT2D eigenvalue weighted by molar-refractivity contribution is -0.139. The molecule has 5 rings (SSSR count). The van der Waals surface area contributed by atoms with Gasteiger partial charge in [-0.15, -0.1) is 0 Å². The SMILES string of the molecule is Cc1cccc(NC(=O)CN2CN(c3ccccc3)C3(CCN(C(=O)CCC4CCCC4)CC3)C2=O)c1. The molecular formula is C30H38N4O3. The first-order chi connectivity index (χ1) is 17.9. The Morgan fingerprint density at radius 3 is 2.43 bits per heavy atom. The van der Waals surface area contributed by atoms with Gasteiger partial charge in [0, 0.05) is 30.9 Å². The van der Waals surface area contributed by atoms with E-state index in [9.17, 15) is 14.4 Å². The summed E-state index contributed by atoms with van der Waals surface area (Å²) in [7, 11) is 0. The summed E-state index contributed by atoms with van der Waals surface area (Å²) in [6.07, 6.45) is 7.84. The van der Waals surface area contributed by atoms with Crippen molar-refractivity contribution in [2.24, 2.45) is 5.92 Å². The summed E-state index contributed by atoms with van der Waals surface area (Å²) < 4.78 is 0. The topological polar surface area (TPSA) is 73.0 Å². The molecule has 7 nitrogen and oxygen atoms in total. The van der Waals surface area contributed by atoms with Crippen molar-refractivity contribution in [3.05, 3.63) is 60.2 Å². The Balaban J connectivity index is 1.26. The number of carbonyl (C=O) groups excluding carboxylic acids is 3. The lowest BCUT2D eigenvalue weighted by atomic mass is 9.85. The molecule has 7 heteroatoms. The van der Waals surface area contributed by atoms with Crippen molar-refractivity contribution in [3.8, 4) is 0 Å². The van der Waals surface area contributed by atoms with E-state index < -0.39 is 5.54 Å². The predicted octanol–water partition coefficient (Wildman–Crippen LogP) is 4.57. The highest BCUT2D eigenvalue weighted by molar-refractivity contribution is 5.99. The first-order valence-corrected chi connectivity index (χ1v) is 13.7. The molecule has 1 saturated carbocycles. The van der Waals surface area contributed by atoms with Crippen molar-refractivity contribution >= 4 is 29.1 Å². The minimum Gasteiger partial charge on any atom is -0.342 e. The number of hydrogen-bond acceptors (Lipinski definition) is 4. The number of para-hydroxylation sites is 1. The van der Waals surface area contributed by atoms with Gasteiger partial charge in [0.05, 0.1) is 6.67 Å². The van der Waals surface area contributed by atoms with Gasteiger partial charge in [0.2, 0.25) is 11.8 Å². The molecule has 3 amide bonds. The molecule has 1 spiro atoms. The normalized spacial score (nSPS) is 19.6. The molecule has 196 valence electrons. The van der Waals surface area contributed by atoms with E-state index in [1.54, 1.807) is 4.90 Å². The smallest absolute Gasteiger partial charge is 0.250 e. The van der Waals surface area contributed by atoms with E-state index in [-0.39, 0.29) is 24.3 Å². The minimum absolute atomic E-state index is 0.00188. The van der Waals surface area contributed by atoms with Crippen LogP contribution in [-0.2, 0) is 14.4 Å². The van der Waals surface area contributed by atoms with Crippen molar-refractivity contribution in [3.63, 3.8) is 0 Å². The van der Waals surface area contributed by atoms with E-state index in [1.165, 1.54) is 25.7 Å². The van der Waals surface area contributed by atoms with Gasteiger partial charge in [-0.2, -0.15) is 0 Å². The van der Waals surface area contributed by atoms with Crippen LogP contribution in [0.4, 0.5) is 11.4 Å². The number of nitrogens with zero attached hydrogens (tertiary/aromatic N) is 3. The Morgan fingerprint density at radius 2 is 1.73 bits per heavy atom. The van der Waals surface area contributed by atoms with Gasteiger partial charge in [0.1, 0.15) is 12.1 Å². The van der Waals surface area contributed by atoms with E-state index in [0.717, 1.165) is 23.4 Å². The van der Waals surface area contributed by atoms with Crippen LogP contribution in [0.25, 0.3) is 0 Å². The number of benzene rings is 2. The maximum atomic E-state index is 13.9. The van der Waals surface area contributed by atoms with E-state index in [0.29, 0.717) is 44.9 Å². The molecule has 3 fully saturated rings. The molecule has 2 aromatic rings. The van der Waals surface area contributed by atoms with E-state index >= 15 is 0 Å². The summed E-state index contributed by atoms with van der Waals surface area (Å²) in [5, 5.41) is 2.93. The molecule has 2 heterocycles. The third kappa shape index (κ3) is 5.50. The molecule has 2 saturated heterocycles. The average Bonchev–Trinajstić information content (AvgIpc) is 3.51. The summed E-state index contributed by atoms with van der Waals surface area (Å²) in [6, 6.07) is 17.6. The Kier molecular flexibility index (Phi) is 7.49. The Hall–Kier alpha value is -3.35. The van der Waals surface area contributed by atoms with Crippen LogP contribution in [-0.4, -0.2) is 59.4 Å². The zero-order valence-electron chi connectivity index (χ0n) is 21.8. The quantitative estimate of drug-likeness (QED) is 0.602. The summed E-state index contributed by atoms with van der Waals surface area (Å²) in [6.45, 7) is 3.48. The van der Waals surface area contributed by atoms with Crippen molar-refractivity contribution in [1.82, 2.24) is 9.80 Å². The van der Waals surface area contributed by atoms with Crippen molar-refractivity contribution < 1.29 is 14.4 Å². The number of aryl methyl sites for hydroxylation is 1. The number of carbonyl (C=O) groups is 3. The number of rotatable bonds is 7. The van der Waals surface area contributed by atoms with Crippen LogP contribution in [0.3, 0.4) is 0 Å². The predicted molar refractivity (Wildman–Crippen MR) is 145 cm³/mol. The summed E-state index contributed by atoms with van der Waals surface area (Å²) in [5.41, 5.74) is 2.04. The fourth-order valence-electron chi connectivity index (χ4n) is 6.33. The van der Waals surface area contributed by atoms with E-state index in [4.69, 9.17) is 0 Å². The first kappa shape index (κ1) is 25.3. The van der Waals surface area contributed by atoms with Gasteiger partial charge in [-0.05, 0) is 61.9 Å². The number of likely N-dealkylation sites (tertiary alicyclic amines) is 1. The number of anilines is 2. The van der Waals surface area contributed by atoms with Crippen LogP contribution in [0.2, 0.25) is 0 Å². The molecule has 37 heavy (non-hydrogen) atoms. The van der Waals surface area contributed by atoms with Gasteiger partial charge < -0.3 is 20.0 Å². The van der Waals surface area contributed by atoms with Gasteiger partial charge in [0.25, 0.3) is 5.91 Å². The van der Waals surface area contributed by atoms with Gasteiger partial charge >= 0.3 is 0 Å². The lowest BCUT2D eigenvalue weighted by Gasteiger charge is -2.43. The standard InChI is InChI=1S/C30H38N4O3/c1-23-8-7-11-25(20-23)31-27(35)21-33-22-34(26-12-3-2-4-13-26)30(29(33)37)16-18-32(19-17-30)28(36)15-14-24-9-5-6-10-24/h2-4,7-8,11-13,20,24H,5-6,9-10,14-19,21-22H2,1H3,(H,31,35). The number of nitrogens with one attached hydrogen (secondary N) is 1. The summed E-state index contributed by atoms with van der Waals surface area (Å²) in [4.78, 5) is 45.5. The fraction of sp³-hybridized carbons (Fsp3) is 0.500. The third-order valence-corrected chi connectivity index (χ3v) is 8.40. The summed E-state index contributed by atoms with van der Waals surface area (Å²) in [5.74, 6) is 0.690. The molecule has 3 aliphatic rings. The Bertz CT molecular complexity index is 1120. The lowest BCUT2D eigenvalue weighted by Crippen LogP contribution is -2.57. The molecule has 1 N–H and O–H groups in total. The molecule has 0 atom stereocenters. The van der Waals surface area contributed by atoms with E-state index in [1.807, 2.05) is 66.4 Å². The van der Waals surface area contributed by atoms with Gasteiger partial charge in [0.15, 0.2) is 0 Å². The maximum Gasteiger partial charge on any atom is 0.250 e. The average molecular weight is 503 g/mol. The number of piperidine rings is 1. The van der Waals surface area contributed by atoms with Crippen LogP contribution in [0, 0.1) is 12.8 Å². The van der Waals surface area contributed by atoms with Gasteiger partial charge in [-0.3, -0.25) is 14.4 Å². The summed E-state index contributed by atoms with van der Waals surface area (Å²) >= 11 is 0. The molecule has 0 bridgehead atoms. The highest BCUT2D eigenvalue weighted by Crippen LogP contribution is 2.39.